The zero-order valence-electron chi connectivity index (χ0n) is 15.5. The number of hydrogen-bond acceptors (Lipinski definition) is 7. The standard InChI is InChI=1S/C20H22N4O3S/c25-19(6-5-18-22-23-20(27-18)16-7-10-28-14-16)24(13-17-4-2-9-26-17)12-15-3-1-8-21-11-15/h1,3,7-8,10-11,14,17H,2,4-6,9,12-13H2/t17-/m1/s1. The zero-order valence-corrected chi connectivity index (χ0v) is 16.3. The molecule has 8 heteroatoms. The third-order valence-corrected chi connectivity index (χ3v) is 5.37. The molecular formula is C20H22N4O3S. The van der Waals surface area contributed by atoms with Gasteiger partial charge in [-0.05, 0) is 35.9 Å². The molecule has 1 aliphatic rings. The third kappa shape index (κ3) is 4.82. The van der Waals surface area contributed by atoms with Crippen molar-refractivity contribution in [3.8, 4) is 11.5 Å². The number of carbonyl (C=O) groups excluding carboxylic acids is 1. The maximum atomic E-state index is 12.9. The molecule has 1 saturated heterocycles. The Morgan fingerprint density at radius 2 is 2.29 bits per heavy atom. The Labute approximate surface area is 167 Å². The van der Waals surface area contributed by atoms with Gasteiger partial charge in [-0.15, -0.1) is 10.2 Å². The van der Waals surface area contributed by atoms with Gasteiger partial charge in [0.25, 0.3) is 0 Å². The minimum Gasteiger partial charge on any atom is -0.421 e. The number of carbonyl (C=O) groups is 1. The van der Waals surface area contributed by atoms with E-state index in [0.29, 0.717) is 37.7 Å². The van der Waals surface area contributed by atoms with Gasteiger partial charge < -0.3 is 14.1 Å². The van der Waals surface area contributed by atoms with Crippen molar-refractivity contribution >= 4 is 17.2 Å². The number of aryl methyl sites for hydroxylation is 1. The largest absolute Gasteiger partial charge is 0.421 e. The summed E-state index contributed by atoms with van der Waals surface area (Å²) in [5.41, 5.74) is 1.91. The van der Waals surface area contributed by atoms with E-state index in [1.807, 2.05) is 33.9 Å². The number of amides is 1. The van der Waals surface area contributed by atoms with Gasteiger partial charge in [0.1, 0.15) is 0 Å². The van der Waals surface area contributed by atoms with E-state index in [-0.39, 0.29) is 12.0 Å². The van der Waals surface area contributed by atoms with Gasteiger partial charge in [0.15, 0.2) is 0 Å². The lowest BCUT2D eigenvalue weighted by atomic mass is 10.2. The normalized spacial score (nSPS) is 16.4. The number of aromatic nitrogens is 3. The smallest absolute Gasteiger partial charge is 0.248 e. The molecule has 0 bridgehead atoms. The number of nitrogens with zero attached hydrogens (tertiary/aromatic N) is 4. The number of ether oxygens (including phenoxy) is 1. The summed E-state index contributed by atoms with van der Waals surface area (Å²) in [7, 11) is 0. The van der Waals surface area contributed by atoms with Crippen molar-refractivity contribution in [2.45, 2.75) is 38.3 Å². The van der Waals surface area contributed by atoms with Crippen molar-refractivity contribution in [3.05, 3.63) is 52.8 Å². The highest BCUT2D eigenvalue weighted by Gasteiger charge is 2.23. The van der Waals surface area contributed by atoms with Crippen LogP contribution >= 0.6 is 11.3 Å². The highest BCUT2D eigenvalue weighted by Crippen LogP contribution is 2.21. The van der Waals surface area contributed by atoms with Gasteiger partial charge in [-0.25, -0.2) is 0 Å². The fourth-order valence-electron chi connectivity index (χ4n) is 3.23. The number of thiophene rings is 1. The van der Waals surface area contributed by atoms with Crippen molar-refractivity contribution < 1.29 is 13.9 Å². The topological polar surface area (TPSA) is 81.4 Å². The number of hydrogen-bond donors (Lipinski definition) is 0. The first-order chi connectivity index (χ1) is 13.8. The summed E-state index contributed by atoms with van der Waals surface area (Å²) in [6.45, 7) is 1.89. The predicted octanol–water partition coefficient (Wildman–Crippen LogP) is 3.33. The van der Waals surface area contributed by atoms with Crippen LogP contribution in [0.5, 0.6) is 0 Å². The van der Waals surface area contributed by atoms with Crippen LogP contribution in [0.4, 0.5) is 0 Å². The van der Waals surface area contributed by atoms with Crippen LogP contribution in [-0.4, -0.2) is 45.2 Å². The van der Waals surface area contributed by atoms with Crippen LogP contribution in [0.15, 0.2) is 45.8 Å². The summed E-state index contributed by atoms with van der Waals surface area (Å²) < 4.78 is 11.4. The van der Waals surface area contributed by atoms with Crippen molar-refractivity contribution in [2.24, 2.45) is 0 Å². The Kier molecular flexibility index (Phi) is 6.08. The van der Waals surface area contributed by atoms with E-state index in [0.717, 1.165) is 30.6 Å². The van der Waals surface area contributed by atoms with Crippen LogP contribution < -0.4 is 0 Å². The quantitative estimate of drug-likeness (QED) is 0.579. The summed E-state index contributed by atoms with van der Waals surface area (Å²) in [4.78, 5) is 18.9. The molecule has 1 fully saturated rings. The lowest BCUT2D eigenvalue weighted by Crippen LogP contribution is -2.37. The minimum atomic E-state index is 0.0506. The first-order valence-corrected chi connectivity index (χ1v) is 10.4. The van der Waals surface area contributed by atoms with Crippen LogP contribution in [0.25, 0.3) is 11.5 Å². The fraction of sp³-hybridized carbons (Fsp3) is 0.400. The average Bonchev–Trinajstić information content (AvgIpc) is 3.48. The van der Waals surface area contributed by atoms with Crippen molar-refractivity contribution in [2.75, 3.05) is 13.2 Å². The van der Waals surface area contributed by atoms with Crippen molar-refractivity contribution in [3.63, 3.8) is 0 Å². The molecule has 0 radical (unpaired) electrons. The summed E-state index contributed by atoms with van der Waals surface area (Å²) >= 11 is 1.58. The van der Waals surface area contributed by atoms with Crippen LogP contribution in [0, 0.1) is 0 Å². The van der Waals surface area contributed by atoms with E-state index in [1.54, 1.807) is 23.7 Å². The van der Waals surface area contributed by atoms with Crippen LogP contribution in [-0.2, 0) is 22.5 Å². The fourth-order valence-corrected chi connectivity index (χ4v) is 3.86. The molecule has 0 N–H and O–H groups in total. The summed E-state index contributed by atoms with van der Waals surface area (Å²) in [6, 6.07) is 5.80. The van der Waals surface area contributed by atoms with Gasteiger partial charge in [-0.2, -0.15) is 11.3 Å². The Hall–Kier alpha value is -2.58. The molecule has 3 aromatic heterocycles. The molecule has 28 heavy (non-hydrogen) atoms. The van der Waals surface area contributed by atoms with E-state index >= 15 is 0 Å². The highest BCUT2D eigenvalue weighted by molar-refractivity contribution is 7.08. The van der Waals surface area contributed by atoms with Gasteiger partial charge >= 0.3 is 0 Å². The molecule has 0 unspecified atom stereocenters. The number of rotatable bonds is 8. The highest BCUT2D eigenvalue weighted by atomic mass is 32.1. The third-order valence-electron chi connectivity index (χ3n) is 4.68. The first kappa shape index (κ1) is 18.8. The predicted molar refractivity (Wildman–Crippen MR) is 105 cm³/mol. The molecule has 146 valence electrons. The molecule has 0 saturated carbocycles. The second-order valence-corrected chi connectivity index (χ2v) is 7.56. The zero-order chi connectivity index (χ0) is 19.2. The Morgan fingerprint density at radius 1 is 1.32 bits per heavy atom. The van der Waals surface area contributed by atoms with Gasteiger partial charge in [0.2, 0.25) is 17.7 Å². The number of pyridine rings is 1. The second kappa shape index (κ2) is 9.07. The average molecular weight is 398 g/mol. The summed E-state index contributed by atoms with van der Waals surface area (Å²) in [6.07, 6.45) is 6.41. The molecule has 1 atom stereocenters. The van der Waals surface area contributed by atoms with Crippen molar-refractivity contribution in [1.29, 1.82) is 0 Å². The van der Waals surface area contributed by atoms with E-state index in [4.69, 9.17) is 9.15 Å². The maximum absolute atomic E-state index is 12.9. The van der Waals surface area contributed by atoms with E-state index < -0.39 is 0 Å². The van der Waals surface area contributed by atoms with E-state index in [9.17, 15) is 4.79 Å². The van der Waals surface area contributed by atoms with Crippen molar-refractivity contribution in [1.82, 2.24) is 20.1 Å². The van der Waals surface area contributed by atoms with Crippen LogP contribution in [0.2, 0.25) is 0 Å². The lowest BCUT2D eigenvalue weighted by molar-refractivity contribution is -0.133. The van der Waals surface area contributed by atoms with Gasteiger partial charge in [-0.1, -0.05) is 6.07 Å². The van der Waals surface area contributed by atoms with Gasteiger partial charge in [-0.3, -0.25) is 9.78 Å². The van der Waals surface area contributed by atoms with E-state index in [2.05, 4.69) is 15.2 Å². The minimum absolute atomic E-state index is 0.0506. The molecule has 0 aliphatic carbocycles. The molecule has 4 rings (SSSR count). The molecule has 1 amide bonds. The van der Waals surface area contributed by atoms with Gasteiger partial charge in [0, 0.05) is 55.9 Å². The lowest BCUT2D eigenvalue weighted by Gasteiger charge is -2.25. The second-order valence-electron chi connectivity index (χ2n) is 6.78. The van der Waals surface area contributed by atoms with Crippen LogP contribution in [0.1, 0.15) is 30.7 Å². The monoisotopic (exact) mass is 398 g/mol. The SMILES string of the molecule is O=C(CCc1nnc(-c2ccsc2)o1)N(Cc1cccnc1)C[C@H]1CCCO1. The van der Waals surface area contributed by atoms with Crippen LogP contribution in [0.3, 0.4) is 0 Å². The molecule has 3 aromatic rings. The van der Waals surface area contributed by atoms with E-state index in [1.165, 1.54) is 0 Å². The Bertz CT molecular complexity index is 876. The molecule has 1 aliphatic heterocycles. The van der Waals surface area contributed by atoms with Gasteiger partial charge in [0.05, 0.1) is 6.10 Å². The summed E-state index contributed by atoms with van der Waals surface area (Å²) in [5.74, 6) is 1.03. The Balaban J connectivity index is 1.38. The molecule has 4 heterocycles. The summed E-state index contributed by atoms with van der Waals surface area (Å²) in [5, 5.41) is 12.1. The molecule has 7 nitrogen and oxygen atoms in total. The Morgan fingerprint density at radius 3 is 3.04 bits per heavy atom. The molecule has 0 spiro atoms. The molecule has 0 aromatic carbocycles. The first-order valence-electron chi connectivity index (χ1n) is 9.41. The maximum Gasteiger partial charge on any atom is 0.248 e. The molecular weight excluding hydrogens is 376 g/mol.